The smallest absolute Gasteiger partial charge is 0.410 e. The van der Waals surface area contributed by atoms with Crippen LogP contribution in [0.3, 0.4) is 0 Å². The standard InChI is InChI=1S/C79H88ClN11O29/c1-31(2)19-46(90(6)78(111)114-30-34-7-14-40(15-8-34)91(112)113)70(103)87-60-62(97)36-10-17-49(32(3)20-36)116-51-23-38-24-52(66(51)120-76-67(65(100)64(99)53(29-92)118-76)119-55-28-79(5,68(101)33(4)115-55)89-77(110)82-39-12-13-39)117-50-18-11-37(22-44(50)80)63(98)61-74(107)86-59(75(108)109)43-25-41(93)26-48(95)56(43)42-21-35(9-16-47(42)94)57(71(104)88-61)85-72(105)58(38)84-69(102)45(27-54(81)96)83-73(60)106/h7-11,14-18,20-26,31,33,39,45-46,53,55,57-65,67-68,76,92-95,97-101H,12-13,19,27-30H2,1-6H3,(H2,81,96)(H,83,106)(H,84,102)(H,85,105)(H,86,107)(H,87,103)(H,88,104)(H,108,109)(H2,82,89,110)/t33-,45-,46+,53+,55-,57+,58+,59-,60+,61-,62+,63+,64+,65-,67+,68+,76-,79-/m0/s1. The molecule has 7 heterocycles. The molecule has 640 valence electrons. The molecule has 0 radical (unpaired) electrons. The molecule has 10 amide bonds. The number of carbonyl (C=O) groups is 10. The van der Waals surface area contributed by atoms with E-state index in [1.165, 1.54) is 70.3 Å². The van der Waals surface area contributed by atoms with Crippen molar-refractivity contribution in [3.63, 3.8) is 0 Å². The lowest BCUT2D eigenvalue weighted by molar-refractivity contribution is -0.384. The van der Waals surface area contributed by atoms with Crippen molar-refractivity contribution < 1.29 is 137 Å². The second-order valence-corrected chi connectivity index (χ2v) is 31.0. The highest BCUT2D eigenvalue weighted by Gasteiger charge is 2.53. The molecule has 14 rings (SSSR count). The largest absolute Gasteiger partial charge is 0.508 e. The number of nitro benzene ring substituents is 1. The number of non-ortho nitro benzene ring substituents is 1. The van der Waals surface area contributed by atoms with Crippen molar-refractivity contribution >= 4 is 76.7 Å². The summed E-state index contributed by atoms with van der Waals surface area (Å²) in [5.74, 6) is -17.1. The number of aliphatic carboxylic acids is 1. The first-order valence-electron chi connectivity index (χ1n) is 37.8. The monoisotopic (exact) mass is 1690 g/mol. The topological polar surface area (TPSA) is 606 Å². The number of aliphatic hydroxyl groups excluding tert-OH is 6. The molecule has 41 heteroatoms. The Morgan fingerprint density at radius 1 is 0.733 bits per heavy atom. The van der Waals surface area contributed by atoms with Crippen LogP contribution in [0.5, 0.6) is 46.0 Å². The van der Waals surface area contributed by atoms with Crippen molar-refractivity contribution in [2.24, 2.45) is 11.7 Å². The highest BCUT2D eigenvalue weighted by Crippen LogP contribution is 2.50. The number of phenolic OH excluding ortho intramolecular Hbond substituents is 3. The van der Waals surface area contributed by atoms with Gasteiger partial charge in [-0.25, -0.2) is 14.4 Å². The summed E-state index contributed by atoms with van der Waals surface area (Å²) in [5.41, 5.74) is 1.35. The Hall–Kier alpha value is -12.3. The first-order chi connectivity index (χ1) is 56.8. The third-order valence-corrected chi connectivity index (χ3v) is 21.5. The maximum absolute atomic E-state index is 16.3. The summed E-state index contributed by atoms with van der Waals surface area (Å²) in [7, 11) is 1.19. The van der Waals surface area contributed by atoms with Crippen LogP contribution in [0.25, 0.3) is 11.1 Å². The molecule has 0 spiro atoms. The van der Waals surface area contributed by atoms with Gasteiger partial charge >= 0.3 is 18.1 Å². The molecule has 0 aromatic heterocycles. The van der Waals surface area contributed by atoms with Crippen LogP contribution >= 0.6 is 11.6 Å². The third-order valence-electron chi connectivity index (χ3n) is 21.2. The lowest BCUT2D eigenvalue weighted by Crippen LogP contribution is -2.67. The number of hydrogen-bond acceptors (Lipinski definition) is 28. The number of fused-ring (bicyclic) bond motifs is 15. The number of aromatic hydroxyl groups is 3. The van der Waals surface area contributed by atoms with Crippen LogP contribution in [0.15, 0.2) is 103 Å². The Kier molecular flexibility index (Phi) is 25.9. The van der Waals surface area contributed by atoms with E-state index in [0.29, 0.717) is 18.4 Å². The lowest BCUT2D eigenvalue weighted by atomic mass is 9.85. The summed E-state index contributed by atoms with van der Waals surface area (Å²) >= 11 is 7.13. The van der Waals surface area contributed by atoms with E-state index in [9.17, 15) is 89.9 Å². The SMILES string of the molecule is Cc1cc2ccc1Oc1cc3cc(c1O[C@@H]1O[C@H](CO)[C@@H](O)[C@H](O)[C@H]1O[C@H]1C[C@](C)(NC(=O)NC4CC4)[C@H](O)[C@H](C)O1)Oc1ccc(cc1Cl)[C@@H](O)[C@@H]1NC(=O)[C@H](NC(=O)[C@@H]3NC(=O)[C@H](CC(N)=O)NC(=O)[C@H](NC(=O)[C@@H](CC(C)C)N(C)C(=O)OCc3ccc([N+](=O)[O-])cc3)[C@@H]2O)c2ccc(O)c(c2)-c2c(O)cc(O)cc2[C@@H](C(=O)O)NC1=O. The molecular formula is C79H88ClN11O29. The Balaban J connectivity index is 1.04. The Labute approximate surface area is 686 Å². The summed E-state index contributed by atoms with van der Waals surface area (Å²) in [5, 5.41) is 147. The number of rotatable bonds is 18. The molecule has 7 aliphatic heterocycles. The summed E-state index contributed by atoms with van der Waals surface area (Å²) in [6.45, 7) is 6.31. The van der Waals surface area contributed by atoms with Crippen LogP contribution < -0.4 is 62.5 Å². The number of amides is 10. The summed E-state index contributed by atoms with van der Waals surface area (Å²) in [6, 6.07) is 2.51. The lowest BCUT2D eigenvalue weighted by Gasteiger charge is -2.48. The zero-order valence-electron chi connectivity index (χ0n) is 64.8. The van der Waals surface area contributed by atoms with E-state index >= 15 is 19.2 Å². The van der Waals surface area contributed by atoms with Crippen LogP contribution in [0, 0.1) is 23.0 Å². The van der Waals surface area contributed by atoms with Crippen LogP contribution in [0.4, 0.5) is 15.3 Å². The number of nitrogens with one attached hydrogen (secondary N) is 8. The van der Waals surface area contributed by atoms with E-state index in [0.717, 1.165) is 65.6 Å². The molecular weight excluding hydrogens is 1600 g/mol. The molecule has 120 heavy (non-hydrogen) atoms. The molecule has 8 aliphatic rings. The van der Waals surface area contributed by atoms with Gasteiger partial charge in [0.05, 0.1) is 34.6 Å². The van der Waals surface area contributed by atoms with E-state index in [1.807, 2.05) is 0 Å². The zero-order chi connectivity index (χ0) is 86.9. The van der Waals surface area contributed by atoms with Crippen molar-refractivity contribution in [3.8, 4) is 57.1 Å². The average molecular weight is 1690 g/mol. The molecule has 1 saturated carbocycles. The third kappa shape index (κ3) is 19.1. The summed E-state index contributed by atoms with van der Waals surface area (Å²) < 4.78 is 44.7. The molecule has 11 bridgehead atoms. The number of benzene rings is 6. The number of aryl methyl sites for hydroxylation is 1. The highest BCUT2D eigenvalue weighted by molar-refractivity contribution is 6.32. The number of nitrogens with zero attached hydrogens (tertiary/aromatic N) is 2. The number of nitro groups is 1. The van der Waals surface area contributed by atoms with E-state index in [2.05, 4.69) is 42.5 Å². The van der Waals surface area contributed by atoms with Gasteiger partial charge in [0, 0.05) is 54.4 Å². The number of nitrogens with two attached hydrogens (primary N) is 1. The quantitative estimate of drug-likeness (QED) is 0.0433. The maximum Gasteiger partial charge on any atom is 0.410 e. The van der Waals surface area contributed by atoms with E-state index in [4.69, 9.17) is 50.5 Å². The van der Waals surface area contributed by atoms with Gasteiger partial charge < -0.3 is 132 Å². The predicted octanol–water partition coefficient (Wildman–Crippen LogP) is 2.22. The number of halogens is 1. The molecule has 18 atom stereocenters. The first-order valence-corrected chi connectivity index (χ1v) is 38.2. The van der Waals surface area contributed by atoms with Gasteiger partial charge in [0.15, 0.2) is 29.9 Å². The number of carboxylic acid groups (broad SMARTS) is 1. The Morgan fingerprint density at radius 3 is 2.01 bits per heavy atom. The number of carbonyl (C=O) groups excluding carboxylic acids is 9. The summed E-state index contributed by atoms with van der Waals surface area (Å²) in [6.07, 6.45) is -19.8. The van der Waals surface area contributed by atoms with Gasteiger partial charge in [0.1, 0.15) is 108 Å². The fraction of sp³-hybridized carbons (Fsp3) is 0.418. The minimum absolute atomic E-state index is 0.0548. The van der Waals surface area contributed by atoms with Crippen LogP contribution in [0.2, 0.25) is 5.02 Å². The van der Waals surface area contributed by atoms with Gasteiger partial charge in [-0.15, -0.1) is 0 Å². The summed E-state index contributed by atoms with van der Waals surface area (Å²) in [4.78, 5) is 158. The van der Waals surface area contributed by atoms with Crippen molar-refractivity contribution in [3.05, 3.63) is 157 Å². The minimum Gasteiger partial charge on any atom is -0.508 e. The number of hydrogen-bond donors (Lipinski definition) is 19. The van der Waals surface area contributed by atoms with Crippen LogP contribution in [0.1, 0.15) is 129 Å². The number of carboxylic acids is 1. The van der Waals surface area contributed by atoms with Crippen molar-refractivity contribution in [2.75, 3.05) is 13.7 Å². The number of primary amides is 1. The van der Waals surface area contributed by atoms with Gasteiger partial charge in [-0.2, -0.15) is 0 Å². The number of likely N-dealkylation sites (N-methyl/N-ethyl adjacent to an activating group) is 1. The second kappa shape index (κ2) is 35.7. The van der Waals surface area contributed by atoms with Crippen molar-refractivity contribution in [1.29, 1.82) is 0 Å². The fourth-order valence-electron chi connectivity index (χ4n) is 14.6. The molecule has 40 nitrogen and oxygen atoms in total. The Bertz CT molecular complexity index is 5020. The van der Waals surface area contributed by atoms with E-state index in [1.54, 1.807) is 13.8 Å². The number of aliphatic hydroxyl groups is 6. The fourth-order valence-corrected chi connectivity index (χ4v) is 14.9. The maximum atomic E-state index is 16.3. The number of phenols is 3. The molecule has 20 N–H and O–H groups in total. The number of ether oxygens (including phenoxy) is 7. The molecule has 6 aromatic rings. The molecule has 2 saturated heterocycles. The van der Waals surface area contributed by atoms with Gasteiger partial charge in [0.25, 0.3) is 5.69 Å². The molecule has 1 aliphatic carbocycles. The van der Waals surface area contributed by atoms with Crippen LogP contribution in [-0.2, 0) is 63.9 Å². The van der Waals surface area contributed by atoms with E-state index < -0.39 is 272 Å². The normalized spacial score (nSPS) is 27.0. The van der Waals surface area contributed by atoms with Gasteiger partial charge in [0.2, 0.25) is 53.4 Å². The van der Waals surface area contributed by atoms with E-state index in [-0.39, 0.29) is 47.0 Å². The second-order valence-electron chi connectivity index (χ2n) is 30.6. The van der Waals surface area contributed by atoms with Crippen molar-refractivity contribution in [2.45, 2.75) is 189 Å². The molecule has 6 aromatic carbocycles. The van der Waals surface area contributed by atoms with Gasteiger partial charge in [-0.05, 0) is 146 Å². The minimum atomic E-state index is -2.42. The highest BCUT2D eigenvalue weighted by atomic mass is 35.5. The molecule has 3 fully saturated rings. The zero-order valence-corrected chi connectivity index (χ0v) is 65.6. The Morgan fingerprint density at radius 2 is 1.38 bits per heavy atom. The van der Waals surface area contributed by atoms with Gasteiger partial charge in [-0.1, -0.05) is 43.6 Å². The number of urea groups is 1. The van der Waals surface area contributed by atoms with Crippen LogP contribution in [-0.4, -0.2) is 219 Å². The van der Waals surface area contributed by atoms with Gasteiger partial charge in [-0.3, -0.25) is 48.6 Å². The first kappa shape index (κ1) is 87.1. The predicted molar refractivity (Wildman–Crippen MR) is 412 cm³/mol. The molecule has 0 unspecified atom stereocenters. The average Bonchev–Trinajstić information content (AvgIpc) is 0.908. The van der Waals surface area contributed by atoms with Crippen molar-refractivity contribution in [1.82, 2.24) is 47.4 Å².